The molecule has 0 N–H and O–H groups in total. The molecule has 1 aromatic heterocycles. The van der Waals surface area contributed by atoms with E-state index in [2.05, 4.69) is 24.8 Å². The van der Waals surface area contributed by atoms with Crippen LogP contribution in [0.3, 0.4) is 0 Å². The summed E-state index contributed by atoms with van der Waals surface area (Å²) in [5.41, 5.74) is 2.20. The average molecular weight is 491 g/mol. The van der Waals surface area contributed by atoms with Crippen molar-refractivity contribution in [2.24, 2.45) is 5.41 Å². The smallest absolute Gasteiger partial charge is 0.223 e. The largest absolute Gasteiger partial charge is 0.493 e. The first-order valence-corrected chi connectivity index (χ1v) is 13.1. The van der Waals surface area contributed by atoms with Gasteiger partial charge in [-0.3, -0.25) is 9.69 Å². The van der Waals surface area contributed by atoms with Gasteiger partial charge in [0.15, 0.2) is 0 Å². The minimum atomic E-state index is -0.208. The lowest BCUT2D eigenvalue weighted by atomic mass is 9.77. The molecule has 2 aliphatic rings. The van der Waals surface area contributed by atoms with Crippen LogP contribution >= 0.6 is 22.9 Å². The summed E-state index contributed by atoms with van der Waals surface area (Å²) in [5, 5.41) is 0.741. The van der Waals surface area contributed by atoms with Crippen molar-refractivity contribution in [2.45, 2.75) is 46.6 Å². The quantitative estimate of drug-likeness (QED) is 0.532. The fourth-order valence-corrected chi connectivity index (χ4v) is 6.08. The van der Waals surface area contributed by atoms with Gasteiger partial charge < -0.3 is 14.4 Å². The molecule has 2 fully saturated rings. The zero-order chi connectivity index (χ0) is 23.4. The Morgan fingerprint density at radius 2 is 1.97 bits per heavy atom. The highest BCUT2D eigenvalue weighted by Crippen LogP contribution is 2.37. The fraction of sp³-hybridized carbons (Fsp3) is 0.577. The van der Waals surface area contributed by atoms with Gasteiger partial charge in [-0.2, -0.15) is 0 Å². The summed E-state index contributed by atoms with van der Waals surface area (Å²) in [6.07, 6.45) is 2.58. The van der Waals surface area contributed by atoms with Gasteiger partial charge in [0.2, 0.25) is 5.91 Å². The zero-order valence-electron chi connectivity index (χ0n) is 20.0. The fourth-order valence-electron chi connectivity index (χ4n) is 5.03. The van der Waals surface area contributed by atoms with E-state index in [1.54, 1.807) is 0 Å². The molecule has 1 aromatic carbocycles. The predicted octanol–water partition coefficient (Wildman–Crippen LogP) is 5.24. The summed E-state index contributed by atoms with van der Waals surface area (Å²) in [6.45, 7) is 12.4. The van der Waals surface area contributed by atoms with Crippen LogP contribution in [0.4, 0.5) is 0 Å². The number of rotatable bonds is 7. The number of ether oxygens (including phenoxy) is 2. The lowest BCUT2D eigenvalue weighted by Crippen LogP contribution is -2.50. The number of thiophene rings is 1. The Kier molecular flexibility index (Phi) is 8.00. The molecule has 0 radical (unpaired) electrons. The van der Waals surface area contributed by atoms with E-state index < -0.39 is 0 Å². The number of carbonyl (C=O) groups is 1. The van der Waals surface area contributed by atoms with Crippen LogP contribution in [-0.4, -0.2) is 61.7 Å². The van der Waals surface area contributed by atoms with Crippen molar-refractivity contribution < 1.29 is 14.3 Å². The Balaban J connectivity index is 1.50. The number of hydrogen-bond acceptors (Lipinski definition) is 5. The lowest BCUT2D eigenvalue weighted by molar-refractivity contribution is -0.139. The second-order valence-electron chi connectivity index (χ2n) is 9.62. The average Bonchev–Trinajstić information content (AvgIpc) is 3.12. The molecule has 2 saturated heterocycles. The lowest BCUT2D eigenvalue weighted by Gasteiger charge is -2.43. The van der Waals surface area contributed by atoms with Gasteiger partial charge in [0.25, 0.3) is 0 Å². The molecule has 0 bridgehead atoms. The van der Waals surface area contributed by atoms with Gasteiger partial charge in [0, 0.05) is 52.8 Å². The number of morpholine rings is 1. The van der Waals surface area contributed by atoms with Crippen LogP contribution in [0.2, 0.25) is 5.02 Å². The number of benzene rings is 1. The molecule has 0 aliphatic carbocycles. The van der Waals surface area contributed by atoms with E-state index in [-0.39, 0.29) is 11.3 Å². The molecule has 1 amide bonds. The number of nitrogens with zero attached hydrogens (tertiary/aromatic N) is 2. The molecule has 2 aromatic rings. The molecule has 3 heterocycles. The van der Waals surface area contributed by atoms with Crippen LogP contribution in [-0.2, 0) is 16.1 Å². The van der Waals surface area contributed by atoms with Crippen LogP contribution in [0.25, 0.3) is 0 Å². The first-order valence-electron chi connectivity index (χ1n) is 11.9. The van der Waals surface area contributed by atoms with Gasteiger partial charge in [-0.1, -0.05) is 11.6 Å². The van der Waals surface area contributed by atoms with E-state index >= 15 is 0 Å². The molecule has 4 rings (SSSR count). The van der Waals surface area contributed by atoms with Gasteiger partial charge in [-0.05, 0) is 75.5 Å². The second kappa shape index (κ2) is 10.8. The topological polar surface area (TPSA) is 42.0 Å². The Morgan fingerprint density at radius 1 is 1.18 bits per heavy atom. The van der Waals surface area contributed by atoms with Crippen molar-refractivity contribution >= 4 is 28.8 Å². The van der Waals surface area contributed by atoms with E-state index in [1.165, 1.54) is 15.3 Å². The first-order chi connectivity index (χ1) is 15.8. The molecule has 180 valence electrons. The van der Waals surface area contributed by atoms with Crippen LogP contribution in [0, 0.1) is 26.2 Å². The van der Waals surface area contributed by atoms with Crippen molar-refractivity contribution in [1.82, 2.24) is 9.80 Å². The minimum Gasteiger partial charge on any atom is -0.493 e. The van der Waals surface area contributed by atoms with Gasteiger partial charge in [0.05, 0.1) is 19.8 Å². The van der Waals surface area contributed by atoms with E-state index in [0.29, 0.717) is 39.3 Å². The van der Waals surface area contributed by atoms with E-state index in [4.69, 9.17) is 21.1 Å². The van der Waals surface area contributed by atoms with Crippen LogP contribution in [0.5, 0.6) is 5.75 Å². The van der Waals surface area contributed by atoms with Gasteiger partial charge >= 0.3 is 0 Å². The van der Waals surface area contributed by atoms with Gasteiger partial charge in [-0.25, -0.2) is 0 Å². The Labute approximate surface area is 206 Å². The zero-order valence-corrected chi connectivity index (χ0v) is 21.6. The Bertz CT molecular complexity index is 972. The summed E-state index contributed by atoms with van der Waals surface area (Å²) in [6, 6.07) is 8.09. The minimum absolute atomic E-state index is 0.208. The maximum Gasteiger partial charge on any atom is 0.223 e. The number of piperidine rings is 1. The number of likely N-dealkylation sites (tertiary alicyclic amines) is 1. The van der Waals surface area contributed by atoms with Crippen molar-refractivity contribution in [1.29, 1.82) is 0 Å². The predicted molar refractivity (Wildman–Crippen MR) is 134 cm³/mol. The molecule has 0 unspecified atom stereocenters. The van der Waals surface area contributed by atoms with Crippen LogP contribution in [0.1, 0.15) is 40.1 Å². The molecule has 0 spiro atoms. The molecular formula is C26H35ClN2O3S. The second-order valence-corrected chi connectivity index (χ2v) is 11.5. The standard InChI is InChI=1S/C26H35ClN2O3S/c1-19-13-23(5-6-24(19)27)32-18-26(15-25(30)29-9-11-31-12-10-29)7-4-8-28(17-26)16-22-14-20(2)33-21(22)3/h5-6,13-14H,4,7-12,15-18H2,1-3H3/t26-/m0/s1. The highest BCUT2D eigenvalue weighted by atomic mass is 35.5. The third kappa shape index (κ3) is 6.30. The highest BCUT2D eigenvalue weighted by molar-refractivity contribution is 7.12. The van der Waals surface area contributed by atoms with E-state index in [0.717, 1.165) is 48.8 Å². The number of halogens is 1. The van der Waals surface area contributed by atoms with Crippen molar-refractivity contribution in [3.8, 4) is 5.75 Å². The third-order valence-electron chi connectivity index (χ3n) is 6.84. The van der Waals surface area contributed by atoms with Crippen molar-refractivity contribution in [3.05, 3.63) is 50.2 Å². The van der Waals surface area contributed by atoms with Gasteiger partial charge in [0.1, 0.15) is 5.75 Å². The van der Waals surface area contributed by atoms with Crippen LogP contribution in [0.15, 0.2) is 24.3 Å². The summed E-state index contributed by atoms with van der Waals surface area (Å²) in [4.78, 5) is 20.5. The number of hydrogen-bond donors (Lipinski definition) is 0. The summed E-state index contributed by atoms with van der Waals surface area (Å²) in [5.74, 6) is 1.04. The normalized spacial score (nSPS) is 21.9. The maximum absolute atomic E-state index is 13.3. The molecule has 2 aliphatic heterocycles. The highest BCUT2D eigenvalue weighted by Gasteiger charge is 2.40. The SMILES string of the molecule is Cc1cc(CN2CCC[C@](COc3ccc(Cl)c(C)c3)(CC(=O)N3CCOCC3)C2)c(C)s1. The summed E-state index contributed by atoms with van der Waals surface area (Å²) < 4.78 is 11.8. The molecule has 5 nitrogen and oxygen atoms in total. The van der Waals surface area contributed by atoms with Crippen LogP contribution < -0.4 is 4.74 Å². The number of carbonyl (C=O) groups excluding carboxylic acids is 1. The van der Waals surface area contributed by atoms with Crippen molar-refractivity contribution in [2.75, 3.05) is 46.0 Å². The van der Waals surface area contributed by atoms with Crippen molar-refractivity contribution in [3.63, 3.8) is 0 Å². The molecular weight excluding hydrogens is 456 g/mol. The first kappa shape index (κ1) is 24.5. The Morgan fingerprint density at radius 3 is 2.67 bits per heavy atom. The number of aryl methyl sites for hydroxylation is 3. The molecule has 7 heteroatoms. The summed E-state index contributed by atoms with van der Waals surface area (Å²) in [7, 11) is 0. The molecule has 0 saturated carbocycles. The summed E-state index contributed by atoms with van der Waals surface area (Å²) >= 11 is 8.06. The molecule has 33 heavy (non-hydrogen) atoms. The third-order valence-corrected chi connectivity index (χ3v) is 8.27. The maximum atomic E-state index is 13.3. The molecule has 1 atom stereocenters. The number of amides is 1. The monoisotopic (exact) mass is 490 g/mol. The van der Waals surface area contributed by atoms with E-state index in [1.807, 2.05) is 41.4 Å². The Hall–Kier alpha value is -1.60. The van der Waals surface area contributed by atoms with E-state index in [9.17, 15) is 4.79 Å². The van der Waals surface area contributed by atoms with Gasteiger partial charge in [-0.15, -0.1) is 11.3 Å².